The lowest BCUT2D eigenvalue weighted by atomic mass is 9.49. The van der Waals surface area contributed by atoms with Crippen LogP contribution in [-0.4, -0.2) is 28.7 Å². The molecule has 4 aliphatic rings. The van der Waals surface area contributed by atoms with Gasteiger partial charge in [0, 0.05) is 16.0 Å². The van der Waals surface area contributed by atoms with Gasteiger partial charge in [-0.05, 0) is 60.2 Å². The molecule has 0 aromatic heterocycles. The van der Waals surface area contributed by atoms with Crippen LogP contribution >= 0.6 is 23.2 Å². The number of hydrogen-bond acceptors (Lipinski definition) is 5. The second-order valence-corrected chi connectivity index (χ2v) is 12.0. The number of aromatic hydroxyl groups is 1. The number of fused-ring (bicyclic) bond motifs is 4. The summed E-state index contributed by atoms with van der Waals surface area (Å²) in [6.45, 7) is 0. The van der Waals surface area contributed by atoms with E-state index in [2.05, 4.69) is 5.32 Å². The van der Waals surface area contributed by atoms with Crippen molar-refractivity contribution < 1.29 is 24.3 Å². The van der Waals surface area contributed by atoms with Gasteiger partial charge in [-0.15, -0.1) is 0 Å². The van der Waals surface area contributed by atoms with Crippen molar-refractivity contribution in [3.63, 3.8) is 0 Å². The molecule has 7 nitrogen and oxygen atoms in total. The van der Waals surface area contributed by atoms with Crippen molar-refractivity contribution in [3.8, 4) is 5.75 Å². The predicted molar refractivity (Wildman–Crippen MR) is 152 cm³/mol. The summed E-state index contributed by atoms with van der Waals surface area (Å²) in [5.41, 5.74) is 0.964. The molecule has 7 rings (SSSR count). The maximum absolute atomic E-state index is 15.0. The highest BCUT2D eigenvalue weighted by atomic mass is 35.5. The molecule has 2 aliphatic heterocycles. The van der Waals surface area contributed by atoms with Gasteiger partial charge in [-0.2, -0.15) is 0 Å². The molecule has 2 aliphatic carbocycles. The van der Waals surface area contributed by atoms with Gasteiger partial charge in [-0.3, -0.25) is 24.5 Å². The Kier molecular flexibility index (Phi) is 5.89. The van der Waals surface area contributed by atoms with E-state index in [4.69, 9.17) is 23.2 Å². The molecular weight excluding hydrogens is 563 g/mol. The number of allylic oxidation sites excluding steroid dienone is 2. The lowest BCUT2D eigenvalue weighted by Gasteiger charge is -2.51. The van der Waals surface area contributed by atoms with Crippen LogP contribution in [-0.2, 0) is 24.6 Å². The number of rotatable bonds is 3. The summed E-state index contributed by atoms with van der Waals surface area (Å²) in [7, 11) is 0. The predicted octanol–water partition coefficient (Wildman–Crippen LogP) is 5.15. The number of amides is 4. The van der Waals surface area contributed by atoms with Gasteiger partial charge < -0.3 is 5.11 Å². The topological polar surface area (TPSA) is 104 Å². The average molecular weight is 587 g/mol. The number of nitrogens with zero attached hydrogens (tertiary/aromatic N) is 1. The van der Waals surface area contributed by atoms with Crippen molar-refractivity contribution in [1.29, 1.82) is 0 Å². The molecule has 3 aromatic rings. The van der Waals surface area contributed by atoms with Crippen molar-refractivity contribution >= 4 is 52.5 Å². The quantitative estimate of drug-likeness (QED) is 0.326. The summed E-state index contributed by atoms with van der Waals surface area (Å²) < 4.78 is 0. The SMILES string of the molecule is O=C1NC(=O)[C@H]2CC=C3[C@@H](C[C@H]4C(=O)N(c5cccc(Cl)c5)C(=O)[C@@]4(c4ccccc4)[C@H]3c3ccc(O)cc3Cl)[C@@H]12. The molecule has 1 saturated carbocycles. The Labute approximate surface area is 245 Å². The largest absolute Gasteiger partial charge is 0.508 e. The zero-order valence-corrected chi connectivity index (χ0v) is 23.1. The molecule has 41 heavy (non-hydrogen) atoms. The van der Waals surface area contributed by atoms with Crippen LogP contribution in [0.1, 0.15) is 29.9 Å². The third kappa shape index (κ3) is 3.58. The molecule has 9 heteroatoms. The fourth-order valence-electron chi connectivity index (χ4n) is 7.75. The minimum Gasteiger partial charge on any atom is -0.508 e. The molecule has 206 valence electrons. The van der Waals surface area contributed by atoms with Crippen LogP contribution in [0.15, 0.2) is 84.4 Å². The van der Waals surface area contributed by atoms with E-state index in [1.807, 2.05) is 36.4 Å². The van der Waals surface area contributed by atoms with Crippen molar-refractivity contribution in [3.05, 3.63) is 106 Å². The number of benzene rings is 3. The standard InChI is InChI=1S/C32H24Cl2N2O5/c33-17-7-4-8-18(13-17)36-30(40)24-15-23-20(11-12-22-26(23)29(39)35-28(22)38)27(21-10-9-19(37)14-25(21)34)32(24,31(36)41)16-5-2-1-3-6-16/h1-11,13-14,22-24,26-27,37H,12,15H2,(H,35,38,39)/t22-,23+,24-,26-,27+,32+/m0/s1. The van der Waals surface area contributed by atoms with Crippen molar-refractivity contribution in [1.82, 2.24) is 5.32 Å². The van der Waals surface area contributed by atoms with Crippen LogP contribution in [0.5, 0.6) is 5.75 Å². The van der Waals surface area contributed by atoms with E-state index < -0.39 is 46.8 Å². The van der Waals surface area contributed by atoms with Gasteiger partial charge in [-0.25, -0.2) is 4.90 Å². The van der Waals surface area contributed by atoms with Crippen LogP contribution < -0.4 is 10.2 Å². The summed E-state index contributed by atoms with van der Waals surface area (Å²) >= 11 is 13.1. The van der Waals surface area contributed by atoms with Crippen molar-refractivity contribution in [2.75, 3.05) is 4.90 Å². The highest BCUT2D eigenvalue weighted by molar-refractivity contribution is 6.33. The summed E-state index contributed by atoms with van der Waals surface area (Å²) in [5.74, 6) is -4.79. The molecule has 2 saturated heterocycles. The molecule has 0 unspecified atom stereocenters. The minimum absolute atomic E-state index is 0.0377. The number of phenols is 1. The van der Waals surface area contributed by atoms with Gasteiger partial charge in [0.15, 0.2) is 0 Å². The van der Waals surface area contributed by atoms with Crippen molar-refractivity contribution in [2.45, 2.75) is 24.2 Å². The Hall–Kier alpha value is -3.94. The third-order valence-electron chi connectivity index (χ3n) is 9.30. The molecule has 4 amide bonds. The Morgan fingerprint density at radius 2 is 1.66 bits per heavy atom. The summed E-state index contributed by atoms with van der Waals surface area (Å²) in [4.78, 5) is 56.5. The Bertz CT molecular complexity index is 1690. The number of nitrogens with one attached hydrogen (secondary N) is 1. The highest BCUT2D eigenvalue weighted by Gasteiger charge is 2.70. The summed E-state index contributed by atoms with van der Waals surface area (Å²) in [5, 5.41) is 13.3. The monoisotopic (exact) mass is 586 g/mol. The molecule has 0 spiro atoms. The maximum Gasteiger partial charge on any atom is 0.246 e. The zero-order valence-electron chi connectivity index (χ0n) is 21.6. The molecule has 2 heterocycles. The van der Waals surface area contributed by atoms with Crippen LogP contribution in [0.4, 0.5) is 5.69 Å². The molecule has 3 aromatic carbocycles. The number of carbonyl (C=O) groups is 4. The zero-order chi connectivity index (χ0) is 28.6. The first-order chi connectivity index (χ1) is 19.7. The molecule has 0 bridgehead atoms. The highest BCUT2D eigenvalue weighted by Crippen LogP contribution is 2.64. The number of halogens is 2. The first kappa shape index (κ1) is 26.0. The Morgan fingerprint density at radius 1 is 0.878 bits per heavy atom. The van der Waals surface area contributed by atoms with E-state index in [-0.39, 0.29) is 29.0 Å². The van der Waals surface area contributed by atoms with E-state index in [1.165, 1.54) is 17.0 Å². The number of carbonyl (C=O) groups excluding carboxylic acids is 4. The number of imide groups is 2. The third-order valence-corrected chi connectivity index (χ3v) is 9.87. The minimum atomic E-state index is -1.41. The molecular formula is C32H24Cl2N2O5. The van der Waals surface area contributed by atoms with E-state index in [0.717, 1.165) is 5.57 Å². The average Bonchev–Trinajstić information content (AvgIpc) is 3.37. The summed E-state index contributed by atoms with van der Waals surface area (Å²) in [6.07, 6.45) is 2.49. The van der Waals surface area contributed by atoms with Gasteiger partial charge in [0.2, 0.25) is 23.6 Å². The van der Waals surface area contributed by atoms with E-state index in [9.17, 15) is 24.3 Å². The lowest BCUT2D eigenvalue weighted by molar-refractivity contribution is -0.128. The van der Waals surface area contributed by atoms with Gasteiger partial charge in [0.1, 0.15) is 5.75 Å². The fraction of sp³-hybridized carbons (Fsp3) is 0.250. The Balaban J connectivity index is 1.53. The second-order valence-electron chi connectivity index (χ2n) is 11.2. The van der Waals surface area contributed by atoms with Crippen LogP contribution in [0.25, 0.3) is 0 Å². The van der Waals surface area contributed by atoms with Crippen LogP contribution in [0.3, 0.4) is 0 Å². The molecule has 2 N–H and O–H groups in total. The number of phenolic OH excluding ortho intramolecular Hbond substituents is 1. The first-order valence-corrected chi connectivity index (χ1v) is 14.2. The van der Waals surface area contributed by atoms with E-state index in [1.54, 1.807) is 30.3 Å². The number of hydrogen-bond donors (Lipinski definition) is 2. The molecule has 6 atom stereocenters. The van der Waals surface area contributed by atoms with Crippen molar-refractivity contribution in [2.24, 2.45) is 23.7 Å². The molecule has 0 radical (unpaired) electrons. The first-order valence-electron chi connectivity index (χ1n) is 13.5. The molecule has 3 fully saturated rings. The number of anilines is 1. The van der Waals surface area contributed by atoms with E-state index in [0.29, 0.717) is 28.3 Å². The smallest absolute Gasteiger partial charge is 0.246 e. The van der Waals surface area contributed by atoms with E-state index >= 15 is 0 Å². The van der Waals surface area contributed by atoms with Gasteiger partial charge in [0.25, 0.3) is 0 Å². The maximum atomic E-state index is 15.0. The van der Waals surface area contributed by atoms with Crippen LogP contribution in [0, 0.1) is 23.7 Å². The summed E-state index contributed by atoms with van der Waals surface area (Å²) in [6, 6.07) is 20.4. The van der Waals surface area contributed by atoms with Gasteiger partial charge >= 0.3 is 0 Å². The Morgan fingerprint density at radius 3 is 2.39 bits per heavy atom. The second kappa shape index (κ2) is 9.29. The fourth-order valence-corrected chi connectivity index (χ4v) is 8.22. The lowest BCUT2D eigenvalue weighted by Crippen LogP contribution is -2.53. The van der Waals surface area contributed by atoms with Crippen LogP contribution in [0.2, 0.25) is 10.0 Å². The van der Waals surface area contributed by atoms with Gasteiger partial charge in [-0.1, -0.05) is 77.3 Å². The normalized spacial score (nSPS) is 30.4. The van der Waals surface area contributed by atoms with Gasteiger partial charge in [0.05, 0.1) is 28.9 Å².